The van der Waals surface area contributed by atoms with E-state index in [1.165, 1.54) is 0 Å². The number of halogens is 1. The average molecular weight is 311 g/mol. The molecule has 0 aromatic heterocycles. The van der Waals surface area contributed by atoms with Gasteiger partial charge in [0.15, 0.2) is 0 Å². The van der Waals surface area contributed by atoms with E-state index in [-0.39, 0.29) is 11.9 Å². The van der Waals surface area contributed by atoms with Crippen LogP contribution in [0.5, 0.6) is 5.75 Å². The van der Waals surface area contributed by atoms with Crippen molar-refractivity contribution in [3.8, 4) is 5.75 Å². The van der Waals surface area contributed by atoms with Gasteiger partial charge in [-0.1, -0.05) is 17.7 Å². The molecule has 0 bridgehead atoms. The summed E-state index contributed by atoms with van der Waals surface area (Å²) in [5.41, 5.74) is 6.80. The van der Waals surface area contributed by atoms with Gasteiger partial charge in [-0.25, -0.2) is 0 Å². The number of benzene rings is 1. The molecule has 2 atom stereocenters. The smallest absolute Gasteiger partial charge is 0.227 e. The van der Waals surface area contributed by atoms with Gasteiger partial charge >= 0.3 is 0 Å². The van der Waals surface area contributed by atoms with Crippen molar-refractivity contribution in [2.45, 2.75) is 32.2 Å². The predicted molar refractivity (Wildman–Crippen MR) is 84.7 cm³/mol. The molecule has 2 N–H and O–H groups in total. The molecule has 1 amide bonds. The van der Waals surface area contributed by atoms with Gasteiger partial charge in [-0.2, -0.15) is 0 Å². The molecule has 1 aliphatic heterocycles. The Labute approximate surface area is 131 Å². The fraction of sp³-hybridized carbons (Fsp3) is 0.562. The van der Waals surface area contributed by atoms with Crippen LogP contribution in [0.3, 0.4) is 0 Å². The molecule has 2 rings (SSSR count). The molecule has 1 heterocycles. The lowest BCUT2D eigenvalue weighted by atomic mass is 9.92. The molecule has 4 nitrogen and oxygen atoms in total. The van der Waals surface area contributed by atoms with Gasteiger partial charge in [-0.3, -0.25) is 4.79 Å². The maximum absolute atomic E-state index is 12.4. The minimum atomic E-state index is 0.118. The predicted octanol–water partition coefficient (Wildman–Crippen LogP) is 2.48. The highest BCUT2D eigenvalue weighted by atomic mass is 35.5. The molecule has 116 valence electrons. The molecule has 0 saturated carbocycles. The normalized spacial score (nSPS) is 20.2. The second kappa shape index (κ2) is 7.14. The summed E-state index contributed by atoms with van der Waals surface area (Å²) in [4.78, 5) is 14.4. The molecule has 21 heavy (non-hydrogen) atoms. The summed E-state index contributed by atoms with van der Waals surface area (Å²) in [6, 6.07) is 5.55. The summed E-state index contributed by atoms with van der Waals surface area (Å²) < 4.78 is 5.12. The molecular weight excluding hydrogens is 288 g/mol. The van der Waals surface area contributed by atoms with Crippen molar-refractivity contribution < 1.29 is 9.53 Å². The lowest BCUT2D eigenvalue weighted by Gasteiger charge is -2.34. The van der Waals surface area contributed by atoms with Crippen LogP contribution in [0.1, 0.15) is 25.3 Å². The van der Waals surface area contributed by atoms with E-state index in [0.29, 0.717) is 23.1 Å². The first kappa shape index (κ1) is 16.1. The van der Waals surface area contributed by atoms with Crippen molar-refractivity contribution in [1.82, 2.24) is 4.90 Å². The molecule has 1 aromatic rings. The summed E-state index contributed by atoms with van der Waals surface area (Å²) in [7, 11) is 1.60. The summed E-state index contributed by atoms with van der Waals surface area (Å²) in [5.74, 6) is 1.22. The molecule has 1 aromatic carbocycles. The highest BCUT2D eigenvalue weighted by Gasteiger charge is 2.26. The highest BCUT2D eigenvalue weighted by Crippen LogP contribution is 2.24. The van der Waals surface area contributed by atoms with E-state index >= 15 is 0 Å². The second-order valence-corrected chi connectivity index (χ2v) is 6.14. The Bertz CT molecular complexity index is 505. The highest BCUT2D eigenvalue weighted by molar-refractivity contribution is 6.31. The van der Waals surface area contributed by atoms with Crippen LogP contribution in [0, 0.1) is 5.92 Å². The average Bonchev–Trinajstić information content (AvgIpc) is 2.49. The summed E-state index contributed by atoms with van der Waals surface area (Å²) in [5, 5.41) is 0.573. The van der Waals surface area contributed by atoms with Gasteiger partial charge in [0.05, 0.1) is 13.5 Å². The number of ether oxygens (including phenoxy) is 1. The van der Waals surface area contributed by atoms with Crippen molar-refractivity contribution in [3.63, 3.8) is 0 Å². The third-order valence-corrected chi connectivity index (χ3v) is 4.51. The van der Waals surface area contributed by atoms with Gasteiger partial charge in [0.25, 0.3) is 0 Å². The van der Waals surface area contributed by atoms with Crippen LogP contribution in [0.2, 0.25) is 5.02 Å². The maximum atomic E-state index is 12.4. The van der Waals surface area contributed by atoms with E-state index in [1.54, 1.807) is 13.2 Å². The number of likely N-dealkylation sites (tertiary alicyclic amines) is 1. The maximum Gasteiger partial charge on any atom is 0.227 e. The second-order valence-electron chi connectivity index (χ2n) is 5.74. The van der Waals surface area contributed by atoms with E-state index < -0.39 is 0 Å². The van der Waals surface area contributed by atoms with Crippen molar-refractivity contribution in [2.75, 3.05) is 20.2 Å². The first-order valence-corrected chi connectivity index (χ1v) is 7.75. The van der Waals surface area contributed by atoms with Gasteiger partial charge in [-0.15, -0.1) is 0 Å². The number of piperidine rings is 1. The number of methoxy groups -OCH3 is 1. The molecule has 0 spiro atoms. The molecule has 0 aliphatic carbocycles. The number of nitrogens with zero attached hydrogens (tertiary/aromatic N) is 1. The summed E-state index contributed by atoms with van der Waals surface area (Å²) in [6.07, 6.45) is 2.45. The Morgan fingerprint density at radius 3 is 2.95 bits per heavy atom. The largest absolute Gasteiger partial charge is 0.497 e. The number of rotatable bonds is 4. The summed E-state index contributed by atoms with van der Waals surface area (Å²) >= 11 is 6.20. The van der Waals surface area contributed by atoms with Gasteiger partial charge in [-0.05, 0) is 43.4 Å². The van der Waals surface area contributed by atoms with E-state index in [0.717, 1.165) is 31.5 Å². The van der Waals surface area contributed by atoms with Crippen LogP contribution in [-0.2, 0) is 11.2 Å². The lowest BCUT2D eigenvalue weighted by Crippen LogP contribution is -2.45. The van der Waals surface area contributed by atoms with E-state index in [4.69, 9.17) is 22.1 Å². The van der Waals surface area contributed by atoms with Gasteiger partial charge in [0.1, 0.15) is 5.75 Å². The van der Waals surface area contributed by atoms with Crippen LogP contribution in [-0.4, -0.2) is 37.0 Å². The number of nitrogens with two attached hydrogens (primary N) is 1. The third-order valence-electron chi connectivity index (χ3n) is 4.16. The number of amides is 1. The Morgan fingerprint density at radius 2 is 2.33 bits per heavy atom. The zero-order valence-electron chi connectivity index (χ0n) is 12.6. The SMILES string of the molecule is COc1ccc(CC(=O)N2CCC[C@H]([C@H](C)N)C2)c(Cl)c1. The Kier molecular flexibility index (Phi) is 5.48. The standard InChI is InChI=1S/C16H23ClN2O2/c1-11(18)13-4-3-7-19(10-13)16(20)8-12-5-6-14(21-2)9-15(12)17/h5-6,9,11,13H,3-4,7-8,10,18H2,1-2H3/t11-,13-/m0/s1. The molecule has 1 fully saturated rings. The first-order valence-electron chi connectivity index (χ1n) is 7.37. The van der Waals surface area contributed by atoms with Crippen molar-refractivity contribution in [2.24, 2.45) is 11.7 Å². The number of carbonyl (C=O) groups is 1. The van der Waals surface area contributed by atoms with Crippen molar-refractivity contribution in [1.29, 1.82) is 0 Å². The zero-order valence-corrected chi connectivity index (χ0v) is 13.4. The van der Waals surface area contributed by atoms with Crippen LogP contribution in [0.25, 0.3) is 0 Å². The van der Waals surface area contributed by atoms with Crippen molar-refractivity contribution in [3.05, 3.63) is 28.8 Å². The Hall–Kier alpha value is -1.26. The fourth-order valence-electron chi connectivity index (χ4n) is 2.74. The van der Waals surface area contributed by atoms with Gasteiger partial charge in [0.2, 0.25) is 5.91 Å². The molecule has 0 unspecified atom stereocenters. The monoisotopic (exact) mass is 310 g/mol. The quantitative estimate of drug-likeness (QED) is 0.929. The number of hydrogen-bond donors (Lipinski definition) is 1. The lowest BCUT2D eigenvalue weighted by molar-refractivity contribution is -0.132. The number of hydrogen-bond acceptors (Lipinski definition) is 3. The van der Waals surface area contributed by atoms with Gasteiger partial charge < -0.3 is 15.4 Å². The van der Waals surface area contributed by atoms with Crippen LogP contribution in [0.4, 0.5) is 0 Å². The van der Waals surface area contributed by atoms with Gasteiger partial charge in [0, 0.05) is 24.2 Å². The zero-order chi connectivity index (χ0) is 15.4. The first-order chi connectivity index (χ1) is 10.0. The molecule has 5 heteroatoms. The minimum Gasteiger partial charge on any atom is -0.497 e. The number of carbonyl (C=O) groups excluding carboxylic acids is 1. The molecule has 1 saturated heterocycles. The topological polar surface area (TPSA) is 55.6 Å². The summed E-state index contributed by atoms with van der Waals surface area (Å²) in [6.45, 7) is 3.58. The van der Waals surface area contributed by atoms with E-state index in [1.807, 2.05) is 24.0 Å². The van der Waals surface area contributed by atoms with Crippen LogP contribution >= 0.6 is 11.6 Å². The fourth-order valence-corrected chi connectivity index (χ4v) is 2.98. The molecule has 0 radical (unpaired) electrons. The van der Waals surface area contributed by atoms with Crippen LogP contribution < -0.4 is 10.5 Å². The molecular formula is C16H23ClN2O2. The van der Waals surface area contributed by atoms with E-state index in [2.05, 4.69) is 0 Å². The van der Waals surface area contributed by atoms with Crippen molar-refractivity contribution >= 4 is 17.5 Å². The van der Waals surface area contributed by atoms with Crippen LogP contribution in [0.15, 0.2) is 18.2 Å². The third kappa shape index (κ3) is 4.11. The minimum absolute atomic E-state index is 0.118. The molecule has 1 aliphatic rings. The van der Waals surface area contributed by atoms with E-state index in [9.17, 15) is 4.79 Å². The Balaban J connectivity index is 2.01. The Morgan fingerprint density at radius 1 is 1.57 bits per heavy atom.